The lowest BCUT2D eigenvalue weighted by molar-refractivity contribution is -0.385. The van der Waals surface area contributed by atoms with E-state index in [9.17, 15) is 23.3 Å². The fraction of sp³-hybridized carbons (Fsp3) is 0. The molecule has 0 amide bonds. The Kier molecular flexibility index (Phi) is 5.48. The molecule has 31 heavy (non-hydrogen) atoms. The lowest BCUT2D eigenvalue weighted by Crippen LogP contribution is -2.09. The van der Waals surface area contributed by atoms with Crippen molar-refractivity contribution in [1.82, 2.24) is 0 Å². The van der Waals surface area contributed by atoms with Gasteiger partial charge in [0.1, 0.15) is 4.88 Å². The molecular formula is C21H12ClNO6S2. The number of nitrogens with zero attached hydrogens (tertiary/aromatic N) is 1. The van der Waals surface area contributed by atoms with E-state index in [1.807, 2.05) is 24.3 Å². The minimum atomic E-state index is -4.01. The van der Waals surface area contributed by atoms with Gasteiger partial charge in [-0.15, -0.1) is 11.3 Å². The maximum absolute atomic E-state index is 12.9. The van der Waals surface area contributed by atoms with Gasteiger partial charge in [-0.2, -0.15) is 0 Å². The molecule has 0 atom stereocenters. The number of halogens is 1. The molecule has 156 valence electrons. The van der Waals surface area contributed by atoms with E-state index in [1.54, 1.807) is 6.07 Å². The first-order valence-electron chi connectivity index (χ1n) is 8.75. The molecule has 4 aromatic rings. The van der Waals surface area contributed by atoms with E-state index < -0.39 is 32.2 Å². The fourth-order valence-electron chi connectivity index (χ4n) is 2.88. The smallest absolute Gasteiger partial charge is 0.353 e. The Bertz CT molecular complexity index is 1400. The lowest BCUT2D eigenvalue weighted by Gasteiger charge is -2.08. The standard InChI is InChI=1S/C21H12ClNO6S2/c22-14-5-7-15(8-6-14)31(27,28)16-9-10-17(23(25)26)18(12-16)29-21(24)20-11-13-3-1-2-4-19(13)30-20/h1-12H. The van der Waals surface area contributed by atoms with E-state index >= 15 is 0 Å². The normalized spacial score (nSPS) is 11.4. The molecule has 3 aromatic carbocycles. The SMILES string of the molecule is O=C(Oc1cc(S(=O)(=O)c2ccc(Cl)cc2)ccc1[N+](=O)[O-])c1cc2ccccc2s1. The number of nitro benzene ring substituents is 1. The van der Waals surface area contributed by atoms with Crippen LogP contribution in [-0.4, -0.2) is 19.3 Å². The summed E-state index contributed by atoms with van der Waals surface area (Å²) < 4.78 is 31.9. The molecule has 4 rings (SSSR count). The zero-order valence-corrected chi connectivity index (χ0v) is 17.9. The van der Waals surface area contributed by atoms with Crippen molar-refractivity contribution in [3.05, 3.63) is 92.8 Å². The van der Waals surface area contributed by atoms with Gasteiger partial charge in [-0.3, -0.25) is 10.1 Å². The molecule has 0 saturated heterocycles. The zero-order valence-electron chi connectivity index (χ0n) is 15.5. The van der Waals surface area contributed by atoms with E-state index in [4.69, 9.17) is 16.3 Å². The number of ether oxygens (including phenoxy) is 1. The van der Waals surface area contributed by atoms with Crippen molar-refractivity contribution in [3.63, 3.8) is 0 Å². The summed E-state index contributed by atoms with van der Waals surface area (Å²) in [6.45, 7) is 0. The Labute approximate surface area is 185 Å². The maximum Gasteiger partial charge on any atom is 0.353 e. The third-order valence-corrected chi connectivity index (χ3v) is 7.51. The van der Waals surface area contributed by atoms with Gasteiger partial charge in [0.15, 0.2) is 0 Å². The van der Waals surface area contributed by atoms with Crippen molar-refractivity contribution in [2.24, 2.45) is 0 Å². The number of carbonyl (C=O) groups is 1. The predicted molar refractivity (Wildman–Crippen MR) is 117 cm³/mol. The quantitative estimate of drug-likeness (QED) is 0.164. The maximum atomic E-state index is 12.9. The van der Waals surface area contributed by atoms with Crippen LogP contribution in [0.3, 0.4) is 0 Å². The fourth-order valence-corrected chi connectivity index (χ4v) is 5.22. The number of benzene rings is 3. The van der Waals surface area contributed by atoms with Gasteiger partial charge < -0.3 is 4.74 Å². The summed E-state index contributed by atoms with van der Waals surface area (Å²) in [6, 6.07) is 17.5. The molecule has 0 spiro atoms. The Hall–Kier alpha value is -3.27. The van der Waals surface area contributed by atoms with Gasteiger partial charge in [-0.1, -0.05) is 29.8 Å². The largest absolute Gasteiger partial charge is 0.415 e. The van der Waals surface area contributed by atoms with E-state index in [0.717, 1.165) is 28.3 Å². The van der Waals surface area contributed by atoms with Crippen LogP contribution < -0.4 is 4.74 Å². The molecule has 1 heterocycles. The highest BCUT2D eigenvalue weighted by molar-refractivity contribution is 7.91. The monoisotopic (exact) mass is 473 g/mol. The average molecular weight is 474 g/mol. The summed E-state index contributed by atoms with van der Waals surface area (Å²) in [5, 5.41) is 12.6. The van der Waals surface area contributed by atoms with Gasteiger partial charge in [0.25, 0.3) is 0 Å². The molecule has 0 aliphatic rings. The summed E-state index contributed by atoms with van der Waals surface area (Å²) in [5.74, 6) is -1.27. The van der Waals surface area contributed by atoms with Crippen molar-refractivity contribution in [1.29, 1.82) is 0 Å². The molecule has 0 aliphatic carbocycles. The van der Waals surface area contributed by atoms with Crippen molar-refractivity contribution >= 4 is 54.5 Å². The molecule has 1 aromatic heterocycles. The van der Waals surface area contributed by atoms with Crippen molar-refractivity contribution < 1.29 is 22.9 Å². The third-order valence-electron chi connectivity index (χ3n) is 4.39. The second kappa shape index (κ2) is 8.10. The molecule has 0 unspecified atom stereocenters. The number of nitro groups is 1. The molecule has 7 nitrogen and oxygen atoms in total. The van der Waals surface area contributed by atoms with Gasteiger partial charge in [0.05, 0.1) is 14.7 Å². The molecule has 10 heteroatoms. The average Bonchev–Trinajstić information content (AvgIpc) is 3.18. The third kappa shape index (κ3) is 4.15. The highest BCUT2D eigenvalue weighted by Crippen LogP contribution is 2.34. The molecule has 0 aliphatic heterocycles. The van der Waals surface area contributed by atoms with Gasteiger partial charge in [0, 0.05) is 21.9 Å². The van der Waals surface area contributed by atoms with Crippen LogP contribution in [0.2, 0.25) is 5.02 Å². The number of carbonyl (C=O) groups excluding carboxylic acids is 1. The van der Waals surface area contributed by atoms with Crippen LogP contribution in [0, 0.1) is 10.1 Å². The van der Waals surface area contributed by atoms with Crippen LogP contribution in [0.25, 0.3) is 10.1 Å². The van der Waals surface area contributed by atoms with Crippen molar-refractivity contribution in [2.45, 2.75) is 9.79 Å². The first-order valence-corrected chi connectivity index (χ1v) is 11.4. The van der Waals surface area contributed by atoms with Gasteiger partial charge >= 0.3 is 11.7 Å². The predicted octanol–water partition coefficient (Wildman–Crippen LogP) is 5.51. The minimum Gasteiger partial charge on any atom is -0.415 e. The van der Waals surface area contributed by atoms with Gasteiger partial charge in [-0.25, -0.2) is 13.2 Å². The number of rotatable bonds is 5. The number of esters is 1. The van der Waals surface area contributed by atoms with E-state index in [0.29, 0.717) is 5.02 Å². The Morgan fingerprint density at radius 2 is 1.65 bits per heavy atom. The van der Waals surface area contributed by atoms with Crippen molar-refractivity contribution in [3.8, 4) is 5.75 Å². The van der Waals surface area contributed by atoms with Crippen LogP contribution in [0.4, 0.5) is 5.69 Å². The van der Waals surface area contributed by atoms with Crippen LogP contribution in [-0.2, 0) is 9.84 Å². The molecule has 0 bridgehead atoms. The number of fused-ring (bicyclic) bond motifs is 1. The van der Waals surface area contributed by atoms with E-state index in [2.05, 4.69) is 0 Å². The van der Waals surface area contributed by atoms with Crippen LogP contribution in [0.1, 0.15) is 9.67 Å². The van der Waals surface area contributed by atoms with Crippen LogP contribution in [0.5, 0.6) is 5.75 Å². The van der Waals surface area contributed by atoms with Crippen LogP contribution in [0.15, 0.2) is 82.6 Å². The van der Waals surface area contributed by atoms with Gasteiger partial charge in [-0.05, 0) is 47.9 Å². The summed E-state index contributed by atoms with van der Waals surface area (Å²) in [6.07, 6.45) is 0. The molecule has 0 saturated carbocycles. The van der Waals surface area contributed by atoms with Crippen molar-refractivity contribution in [2.75, 3.05) is 0 Å². The lowest BCUT2D eigenvalue weighted by atomic mass is 10.2. The number of sulfone groups is 1. The zero-order chi connectivity index (χ0) is 22.2. The molecule has 0 radical (unpaired) electrons. The number of hydrogen-bond acceptors (Lipinski definition) is 7. The summed E-state index contributed by atoms with van der Waals surface area (Å²) in [7, 11) is -4.01. The van der Waals surface area contributed by atoms with E-state index in [1.165, 1.54) is 35.6 Å². The highest BCUT2D eigenvalue weighted by Gasteiger charge is 2.25. The Balaban J connectivity index is 1.73. The summed E-state index contributed by atoms with van der Waals surface area (Å²) >= 11 is 6.98. The molecule has 0 fully saturated rings. The Morgan fingerprint density at radius 1 is 0.968 bits per heavy atom. The van der Waals surface area contributed by atoms with E-state index in [-0.39, 0.29) is 14.7 Å². The second-order valence-electron chi connectivity index (χ2n) is 6.38. The second-order valence-corrected chi connectivity index (χ2v) is 9.85. The number of hydrogen-bond donors (Lipinski definition) is 0. The summed E-state index contributed by atoms with van der Waals surface area (Å²) in [4.78, 5) is 23.2. The number of thiophene rings is 1. The summed E-state index contributed by atoms with van der Waals surface area (Å²) in [5.41, 5.74) is -0.524. The topological polar surface area (TPSA) is 104 Å². The first kappa shape index (κ1) is 21.0. The first-order chi connectivity index (χ1) is 14.8. The molecule has 0 N–H and O–H groups in total. The Morgan fingerprint density at radius 3 is 2.32 bits per heavy atom. The molecular weight excluding hydrogens is 462 g/mol. The highest BCUT2D eigenvalue weighted by atomic mass is 35.5. The minimum absolute atomic E-state index is 0.0486. The van der Waals surface area contributed by atoms with Crippen LogP contribution >= 0.6 is 22.9 Å². The van der Waals surface area contributed by atoms with Gasteiger partial charge in [0.2, 0.25) is 15.6 Å².